The van der Waals surface area contributed by atoms with E-state index in [1.165, 1.54) is 32.0 Å². The summed E-state index contributed by atoms with van der Waals surface area (Å²) in [6.45, 7) is 2.06. The summed E-state index contributed by atoms with van der Waals surface area (Å²) < 4.78 is 7.64. The molecule has 2 saturated carbocycles. The highest BCUT2D eigenvalue weighted by Crippen LogP contribution is 2.44. The van der Waals surface area contributed by atoms with Gasteiger partial charge in [-0.3, -0.25) is 0 Å². The lowest BCUT2D eigenvalue weighted by atomic mass is 10.1. The molecule has 3 aromatic heterocycles. The van der Waals surface area contributed by atoms with Gasteiger partial charge in [-0.25, -0.2) is 14.6 Å². The molecule has 0 spiro atoms. The van der Waals surface area contributed by atoms with E-state index in [2.05, 4.69) is 22.0 Å². The lowest BCUT2D eigenvalue weighted by molar-refractivity contribution is 0.385. The van der Waals surface area contributed by atoms with Crippen LogP contribution in [0.25, 0.3) is 22.4 Å². The summed E-state index contributed by atoms with van der Waals surface area (Å²) in [7, 11) is 0. The van der Waals surface area contributed by atoms with Crippen molar-refractivity contribution in [3.05, 3.63) is 17.7 Å². The third-order valence-electron chi connectivity index (χ3n) is 5.32. The SMILES string of the molecule is Cc1c(-c2nn(C3CCCC3)c3ncnc(N)c23)noc1C1CC1. The molecule has 0 bridgehead atoms. The molecule has 3 heterocycles. The predicted molar refractivity (Wildman–Crippen MR) is 89.4 cm³/mol. The van der Waals surface area contributed by atoms with Gasteiger partial charge in [0, 0.05) is 11.5 Å². The van der Waals surface area contributed by atoms with Crippen molar-refractivity contribution in [2.24, 2.45) is 0 Å². The van der Waals surface area contributed by atoms with Gasteiger partial charge in [-0.2, -0.15) is 5.10 Å². The first-order valence-electron chi connectivity index (χ1n) is 8.69. The van der Waals surface area contributed by atoms with Gasteiger partial charge in [0.25, 0.3) is 0 Å². The number of nitrogens with zero attached hydrogens (tertiary/aromatic N) is 5. The van der Waals surface area contributed by atoms with E-state index in [-0.39, 0.29) is 0 Å². The minimum absolute atomic E-state index is 0.380. The Morgan fingerprint density at radius 3 is 2.67 bits per heavy atom. The number of hydrogen-bond donors (Lipinski definition) is 1. The van der Waals surface area contributed by atoms with E-state index in [0.717, 1.165) is 46.6 Å². The van der Waals surface area contributed by atoms with Crippen LogP contribution in [-0.2, 0) is 0 Å². The van der Waals surface area contributed by atoms with Crippen LogP contribution in [0.4, 0.5) is 5.82 Å². The lowest BCUT2D eigenvalue weighted by Gasteiger charge is -2.09. The number of nitrogens with two attached hydrogens (primary N) is 1. The Labute approximate surface area is 139 Å². The molecule has 0 saturated heterocycles. The molecule has 24 heavy (non-hydrogen) atoms. The van der Waals surface area contributed by atoms with E-state index in [4.69, 9.17) is 15.4 Å². The first kappa shape index (κ1) is 13.9. The first-order valence-corrected chi connectivity index (χ1v) is 8.69. The zero-order valence-electron chi connectivity index (χ0n) is 13.7. The second-order valence-corrected chi connectivity index (χ2v) is 6.98. The van der Waals surface area contributed by atoms with Crippen LogP contribution in [0.1, 0.15) is 61.8 Å². The van der Waals surface area contributed by atoms with Crippen LogP contribution >= 0.6 is 0 Å². The molecule has 124 valence electrons. The van der Waals surface area contributed by atoms with Gasteiger partial charge in [0.2, 0.25) is 0 Å². The summed E-state index contributed by atoms with van der Waals surface area (Å²) in [6, 6.07) is 0.380. The summed E-state index contributed by atoms with van der Waals surface area (Å²) in [5, 5.41) is 9.98. The van der Waals surface area contributed by atoms with E-state index in [1.54, 1.807) is 0 Å². The van der Waals surface area contributed by atoms with Gasteiger partial charge < -0.3 is 10.3 Å². The Balaban J connectivity index is 1.73. The third-order valence-corrected chi connectivity index (χ3v) is 5.32. The molecule has 0 unspecified atom stereocenters. The maximum atomic E-state index is 6.17. The molecule has 2 fully saturated rings. The smallest absolute Gasteiger partial charge is 0.164 e. The van der Waals surface area contributed by atoms with Gasteiger partial charge in [0.05, 0.1) is 11.4 Å². The van der Waals surface area contributed by atoms with Crippen LogP contribution in [0.3, 0.4) is 0 Å². The average Bonchev–Trinajstić information content (AvgIpc) is 2.99. The van der Waals surface area contributed by atoms with Gasteiger partial charge in [-0.1, -0.05) is 18.0 Å². The summed E-state index contributed by atoms with van der Waals surface area (Å²) in [6.07, 6.45) is 8.60. The fourth-order valence-electron chi connectivity index (χ4n) is 3.86. The summed E-state index contributed by atoms with van der Waals surface area (Å²) in [5.74, 6) is 1.96. The fourth-order valence-corrected chi connectivity index (χ4v) is 3.86. The standard InChI is InChI=1S/C17H20N6O/c1-9-13(22-24-15(9)10-6-7-10)14-12-16(18)19-8-20-17(12)23(21-14)11-4-2-3-5-11/h8,10-11H,2-7H2,1H3,(H2,18,19,20). The normalized spacial score (nSPS) is 18.7. The van der Waals surface area contributed by atoms with Crippen LogP contribution in [0.15, 0.2) is 10.9 Å². The Morgan fingerprint density at radius 2 is 1.92 bits per heavy atom. The highest BCUT2D eigenvalue weighted by Gasteiger charge is 2.33. The quantitative estimate of drug-likeness (QED) is 0.793. The molecule has 7 heteroatoms. The second-order valence-electron chi connectivity index (χ2n) is 6.98. The Bertz CT molecular complexity index is 917. The van der Waals surface area contributed by atoms with Gasteiger partial charge in [-0.15, -0.1) is 0 Å². The zero-order valence-corrected chi connectivity index (χ0v) is 13.7. The first-order chi connectivity index (χ1) is 11.7. The second kappa shape index (κ2) is 5.03. The van der Waals surface area contributed by atoms with Crippen molar-refractivity contribution in [2.45, 2.75) is 57.4 Å². The summed E-state index contributed by atoms with van der Waals surface area (Å²) >= 11 is 0. The number of aromatic nitrogens is 5. The number of hydrogen-bond acceptors (Lipinski definition) is 6. The summed E-state index contributed by atoms with van der Waals surface area (Å²) in [4.78, 5) is 8.64. The van der Waals surface area contributed by atoms with Crippen molar-refractivity contribution < 1.29 is 4.52 Å². The van der Waals surface area contributed by atoms with Gasteiger partial charge in [-0.05, 0) is 32.6 Å². The molecule has 0 aliphatic heterocycles. The van der Waals surface area contributed by atoms with E-state index >= 15 is 0 Å². The number of rotatable bonds is 3. The average molecular weight is 324 g/mol. The molecule has 0 radical (unpaired) electrons. The van der Waals surface area contributed by atoms with Crippen LogP contribution in [0, 0.1) is 6.92 Å². The van der Waals surface area contributed by atoms with Crippen molar-refractivity contribution in [1.82, 2.24) is 24.9 Å². The minimum atomic E-state index is 0.380. The number of nitrogen functional groups attached to an aromatic ring is 1. The molecule has 7 nitrogen and oxygen atoms in total. The van der Waals surface area contributed by atoms with E-state index in [9.17, 15) is 0 Å². The zero-order chi connectivity index (χ0) is 16.3. The topological polar surface area (TPSA) is 95.7 Å². The Hall–Kier alpha value is -2.44. The highest BCUT2D eigenvalue weighted by molar-refractivity contribution is 5.98. The molecular formula is C17H20N6O. The molecule has 2 aliphatic carbocycles. The van der Waals surface area contributed by atoms with Crippen molar-refractivity contribution in [3.8, 4) is 11.4 Å². The fraction of sp³-hybridized carbons (Fsp3) is 0.529. The van der Waals surface area contributed by atoms with E-state index in [1.807, 2.05) is 4.68 Å². The van der Waals surface area contributed by atoms with Gasteiger partial charge in [0.1, 0.15) is 29.3 Å². The van der Waals surface area contributed by atoms with Gasteiger partial charge >= 0.3 is 0 Å². The number of anilines is 1. The molecule has 0 aromatic carbocycles. The molecule has 5 rings (SSSR count). The third kappa shape index (κ3) is 1.96. The molecule has 3 aromatic rings. The summed E-state index contributed by atoms with van der Waals surface area (Å²) in [5.41, 5.74) is 9.58. The maximum absolute atomic E-state index is 6.17. The Kier molecular flexibility index (Phi) is 2.92. The van der Waals surface area contributed by atoms with Crippen LogP contribution in [-0.4, -0.2) is 24.9 Å². The van der Waals surface area contributed by atoms with Crippen LogP contribution < -0.4 is 5.73 Å². The molecular weight excluding hydrogens is 304 g/mol. The molecule has 0 amide bonds. The number of fused-ring (bicyclic) bond motifs is 1. The van der Waals surface area contributed by atoms with Crippen molar-refractivity contribution in [2.75, 3.05) is 5.73 Å². The minimum Gasteiger partial charge on any atom is -0.383 e. The van der Waals surface area contributed by atoms with E-state index < -0.39 is 0 Å². The molecule has 2 N–H and O–H groups in total. The van der Waals surface area contributed by atoms with Crippen molar-refractivity contribution in [3.63, 3.8) is 0 Å². The van der Waals surface area contributed by atoms with Crippen molar-refractivity contribution in [1.29, 1.82) is 0 Å². The monoisotopic (exact) mass is 324 g/mol. The van der Waals surface area contributed by atoms with Crippen molar-refractivity contribution >= 4 is 16.9 Å². The largest absolute Gasteiger partial charge is 0.383 e. The molecule has 0 atom stereocenters. The van der Waals surface area contributed by atoms with Crippen LogP contribution in [0.2, 0.25) is 0 Å². The maximum Gasteiger partial charge on any atom is 0.164 e. The lowest BCUT2D eigenvalue weighted by Crippen LogP contribution is -2.07. The van der Waals surface area contributed by atoms with Crippen LogP contribution in [0.5, 0.6) is 0 Å². The van der Waals surface area contributed by atoms with Gasteiger partial charge in [0.15, 0.2) is 5.65 Å². The Morgan fingerprint density at radius 1 is 1.12 bits per heavy atom. The van der Waals surface area contributed by atoms with E-state index in [0.29, 0.717) is 17.8 Å². The molecule has 2 aliphatic rings. The predicted octanol–water partition coefficient (Wildman–Crippen LogP) is 3.36. The highest BCUT2D eigenvalue weighted by atomic mass is 16.5.